The van der Waals surface area contributed by atoms with Crippen LogP contribution < -0.4 is 0 Å². The van der Waals surface area contributed by atoms with E-state index in [4.69, 9.17) is 14.2 Å². The zero-order valence-electron chi connectivity index (χ0n) is 12.2. The Bertz CT molecular complexity index is 370. The third-order valence-electron chi connectivity index (χ3n) is 3.44. The number of methoxy groups -OCH3 is 3. The van der Waals surface area contributed by atoms with E-state index in [9.17, 15) is 9.59 Å². The molecule has 2 atom stereocenters. The molecule has 0 saturated heterocycles. The van der Waals surface area contributed by atoms with Crippen molar-refractivity contribution >= 4 is 11.9 Å². The van der Waals surface area contributed by atoms with Crippen molar-refractivity contribution < 1.29 is 23.8 Å². The Hall–Kier alpha value is -1.62. The van der Waals surface area contributed by atoms with Crippen LogP contribution in [0.2, 0.25) is 0 Å². The number of carbonyl (C=O) groups excluding carboxylic acids is 2. The summed E-state index contributed by atoms with van der Waals surface area (Å²) in [5.41, 5.74) is 0. The molecule has 0 aromatic heterocycles. The lowest BCUT2D eigenvalue weighted by Gasteiger charge is -2.23. The molecule has 0 aromatic rings. The van der Waals surface area contributed by atoms with Gasteiger partial charge in [0.05, 0.1) is 20.8 Å². The van der Waals surface area contributed by atoms with Gasteiger partial charge in [0.2, 0.25) is 0 Å². The maximum atomic E-state index is 11.8. The van der Waals surface area contributed by atoms with Crippen LogP contribution in [0.1, 0.15) is 12.8 Å². The SMILES string of the molecule is COC[C@@H]1/C=C\C=C/[C@H](C(C(=O)OC)C(=O)OC)CC1. The summed E-state index contributed by atoms with van der Waals surface area (Å²) in [6, 6.07) is 0. The van der Waals surface area contributed by atoms with Crippen LogP contribution in [0, 0.1) is 17.8 Å². The van der Waals surface area contributed by atoms with Crippen molar-refractivity contribution in [2.45, 2.75) is 12.8 Å². The molecule has 0 radical (unpaired) electrons. The van der Waals surface area contributed by atoms with E-state index in [2.05, 4.69) is 6.08 Å². The molecular weight excluding hydrogens is 260 g/mol. The van der Waals surface area contributed by atoms with Gasteiger partial charge in [0.25, 0.3) is 0 Å². The Labute approximate surface area is 119 Å². The molecule has 0 aliphatic heterocycles. The van der Waals surface area contributed by atoms with Gasteiger partial charge in [-0.3, -0.25) is 9.59 Å². The van der Waals surface area contributed by atoms with Gasteiger partial charge in [-0.25, -0.2) is 0 Å². The number of hydrogen-bond acceptors (Lipinski definition) is 5. The van der Waals surface area contributed by atoms with Gasteiger partial charge in [-0.1, -0.05) is 24.3 Å². The minimum absolute atomic E-state index is 0.223. The standard InChI is InChI=1S/C15H22O5/c1-18-10-11-6-4-5-7-12(9-8-11)13(14(16)19-2)15(17)20-3/h4-7,11-13H,8-10H2,1-3H3/b6-4-,7-5-/t11-,12+/m1/s1. The highest BCUT2D eigenvalue weighted by atomic mass is 16.5. The van der Waals surface area contributed by atoms with Crippen LogP contribution in [-0.4, -0.2) is 39.9 Å². The molecule has 5 heteroatoms. The number of carbonyl (C=O) groups is 2. The second-order valence-corrected chi connectivity index (χ2v) is 4.75. The van der Waals surface area contributed by atoms with Gasteiger partial charge in [-0.15, -0.1) is 0 Å². The lowest BCUT2D eigenvalue weighted by molar-refractivity contribution is -0.160. The van der Waals surface area contributed by atoms with E-state index in [0.29, 0.717) is 13.0 Å². The molecule has 1 rings (SSSR count). The summed E-state index contributed by atoms with van der Waals surface area (Å²) in [5, 5.41) is 0. The van der Waals surface area contributed by atoms with Gasteiger partial charge in [0, 0.05) is 18.9 Å². The van der Waals surface area contributed by atoms with Crippen molar-refractivity contribution in [3.63, 3.8) is 0 Å². The quantitative estimate of drug-likeness (QED) is 0.567. The third kappa shape index (κ3) is 4.49. The van der Waals surface area contributed by atoms with Crippen LogP contribution in [0.25, 0.3) is 0 Å². The van der Waals surface area contributed by atoms with Crippen LogP contribution in [-0.2, 0) is 23.8 Å². The van der Waals surface area contributed by atoms with Gasteiger partial charge in [0.1, 0.15) is 0 Å². The normalized spacial score (nSPS) is 25.4. The Morgan fingerprint density at radius 2 is 1.65 bits per heavy atom. The highest BCUT2D eigenvalue weighted by Crippen LogP contribution is 2.26. The van der Waals surface area contributed by atoms with Gasteiger partial charge >= 0.3 is 11.9 Å². The molecule has 0 bridgehead atoms. The Kier molecular flexibility index (Phi) is 7.01. The summed E-state index contributed by atoms with van der Waals surface area (Å²) >= 11 is 0. The van der Waals surface area contributed by atoms with Crippen molar-refractivity contribution in [1.29, 1.82) is 0 Å². The van der Waals surface area contributed by atoms with E-state index in [1.165, 1.54) is 14.2 Å². The monoisotopic (exact) mass is 282 g/mol. The fourth-order valence-electron chi connectivity index (χ4n) is 2.36. The van der Waals surface area contributed by atoms with E-state index in [-0.39, 0.29) is 11.8 Å². The van der Waals surface area contributed by atoms with E-state index in [1.807, 2.05) is 18.2 Å². The van der Waals surface area contributed by atoms with Crippen LogP contribution in [0.15, 0.2) is 24.3 Å². The summed E-state index contributed by atoms with van der Waals surface area (Å²) in [5.74, 6) is -1.96. The zero-order valence-corrected chi connectivity index (χ0v) is 12.2. The fraction of sp³-hybridized carbons (Fsp3) is 0.600. The van der Waals surface area contributed by atoms with Crippen molar-refractivity contribution in [3.8, 4) is 0 Å². The number of allylic oxidation sites excluding steroid dienone is 3. The van der Waals surface area contributed by atoms with Crippen molar-refractivity contribution in [3.05, 3.63) is 24.3 Å². The molecule has 5 nitrogen and oxygen atoms in total. The van der Waals surface area contributed by atoms with E-state index in [0.717, 1.165) is 6.42 Å². The first-order valence-electron chi connectivity index (χ1n) is 6.63. The molecule has 0 fully saturated rings. The maximum absolute atomic E-state index is 11.8. The molecule has 0 spiro atoms. The Morgan fingerprint density at radius 1 is 1.05 bits per heavy atom. The van der Waals surface area contributed by atoms with Gasteiger partial charge in [0.15, 0.2) is 5.92 Å². The molecule has 0 aromatic carbocycles. The fourth-order valence-corrected chi connectivity index (χ4v) is 2.36. The van der Waals surface area contributed by atoms with Crippen LogP contribution in [0.5, 0.6) is 0 Å². The third-order valence-corrected chi connectivity index (χ3v) is 3.44. The molecule has 1 aliphatic rings. The molecule has 0 N–H and O–H groups in total. The number of ether oxygens (including phenoxy) is 3. The van der Waals surface area contributed by atoms with E-state index >= 15 is 0 Å². The topological polar surface area (TPSA) is 61.8 Å². The first-order valence-corrected chi connectivity index (χ1v) is 6.63. The lowest BCUT2D eigenvalue weighted by atomic mass is 9.84. The number of hydrogen-bond donors (Lipinski definition) is 0. The Morgan fingerprint density at radius 3 is 2.20 bits per heavy atom. The summed E-state index contributed by atoms with van der Waals surface area (Å²) in [6.07, 6.45) is 9.24. The number of esters is 2. The van der Waals surface area contributed by atoms with E-state index < -0.39 is 17.9 Å². The molecule has 0 saturated carbocycles. The largest absolute Gasteiger partial charge is 0.468 e. The maximum Gasteiger partial charge on any atom is 0.320 e. The van der Waals surface area contributed by atoms with Gasteiger partial charge in [-0.05, 0) is 12.8 Å². The highest BCUT2D eigenvalue weighted by molar-refractivity contribution is 5.95. The lowest BCUT2D eigenvalue weighted by Crippen LogP contribution is -2.33. The molecular formula is C15H22O5. The zero-order chi connectivity index (χ0) is 15.0. The summed E-state index contributed by atoms with van der Waals surface area (Å²) in [4.78, 5) is 23.6. The molecule has 112 valence electrons. The second-order valence-electron chi connectivity index (χ2n) is 4.75. The minimum Gasteiger partial charge on any atom is -0.468 e. The summed E-state index contributed by atoms with van der Waals surface area (Å²) in [6.45, 7) is 0.623. The molecule has 20 heavy (non-hydrogen) atoms. The average Bonchev–Trinajstić information content (AvgIpc) is 2.44. The number of rotatable bonds is 5. The van der Waals surface area contributed by atoms with Crippen LogP contribution >= 0.6 is 0 Å². The summed E-state index contributed by atoms with van der Waals surface area (Å²) < 4.78 is 14.6. The first kappa shape index (κ1) is 16.4. The van der Waals surface area contributed by atoms with Gasteiger partial charge in [-0.2, -0.15) is 0 Å². The van der Waals surface area contributed by atoms with Gasteiger partial charge < -0.3 is 14.2 Å². The average molecular weight is 282 g/mol. The summed E-state index contributed by atoms with van der Waals surface area (Å²) in [7, 11) is 4.21. The van der Waals surface area contributed by atoms with E-state index in [1.54, 1.807) is 7.11 Å². The smallest absolute Gasteiger partial charge is 0.320 e. The minimum atomic E-state index is -0.907. The molecule has 0 heterocycles. The first-order chi connectivity index (χ1) is 9.63. The van der Waals surface area contributed by atoms with Crippen molar-refractivity contribution in [2.24, 2.45) is 17.8 Å². The van der Waals surface area contributed by atoms with Crippen molar-refractivity contribution in [2.75, 3.05) is 27.9 Å². The van der Waals surface area contributed by atoms with Crippen LogP contribution in [0.3, 0.4) is 0 Å². The van der Waals surface area contributed by atoms with Crippen molar-refractivity contribution in [1.82, 2.24) is 0 Å². The molecule has 1 aliphatic carbocycles. The predicted molar refractivity (Wildman–Crippen MR) is 73.9 cm³/mol. The van der Waals surface area contributed by atoms with Crippen LogP contribution in [0.4, 0.5) is 0 Å². The molecule has 0 amide bonds. The Balaban J connectivity index is 2.86. The highest BCUT2D eigenvalue weighted by Gasteiger charge is 2.35. The second kappa shape index (κ2) is 8.53. The predicted octanol–water partition coefficient (Wildman–Crippen LogP) is 1.73. The molecule has 0 unspecified atom stereocenters.